The number of rotatable bonds is 5. The van der Waals surface area contributed by atoms with Crippen LogP contribution >= 0.6 is 0 Å². The minimum absolute atomic E-state index is 0.177. The molecule has 3 amide bonds. The van der Waals surface area contributed by atoms with Crippen LogP contribution in [0.3, 0.4) is 0 Å². The average Bonchev–Trinajstić information content (AvgIpc) is 2.09. The van der Waals surface area contributed by atoms with Crippen molar-refractivity contribution in [2.24, 2.45) is 11.1 Å². The lowest BCUT2D eigenvalue weighted by Gasteiger charge is -2.35. The third-order valence-electron chi connectivity index (χ3n) is 2.76. The lowest BCUT2D eigenvalue weighted by molar-refractivity contribution is -0.162. The predicted octanol–water partition coefficient (Wildman–Crippen LogP) is -0.974. The maximum Gasteiger partial charge on any atom is 0.319 e. The second kappa shape index (κ2) is 4.82. The van der Waals surface area contributed by atoms with E-state index < -0.39 is 23.3 Å². The number of nitrogens with two attached hydrogens (primary N) is 1. The Labute approximate surface area is 92.4 Å². The highest BCUT2D eigenvalue weighted by Gasteiger charge is 2.50. The summed E-state index contributed by atoms with van der Waals surface area (Å²) >= 11 is 0. The van der Waals surface area contributed by atoms with Gasteiger partial charge in [0.05, 0.1) is 0 Å². The van der Waals surface area contributed by atoms with Crippen molar-refractivity contribution >= 4 is 17.9 Å². The minimum atomic E-state index is -1.26. The molecular weight excluding hydrogens is 214 g/mol. The van der Waals surface area contributed by atoms with Gasteiger partial charge in [-0.1, -0.05) is 6.42 Å². The highest BCUT2D eigenvalue weighted by molar-refractivity contribution is 6.02. The van der Waals surface area contributed by atoms with Gasteiger partial charge in [-0.3, -0.25) is 9.59 Å². The quantitative estimate of drug-likeness (QED) is 0.357. The molecule has 16 heavy (non-hydrogen) atoms. The Balaban J connectivity index is 2.34. The van der Waals surface area contributed by atoms with Crippen molar-refractivity contribution < 1.29 is 19.5 Å². The monoisotopic (exact) mass is 229 g/mol. The maximum atomic E-state index is 11.6. The average molecular weight is 229 g/mol. The van der Waals surface area contributed by atoms with Gasteiger partial charge in [0.1, 0.15) is 5.41 Å². The van der Waals surface area contributed by atoms with Crippen LogP contribution in [0.5, 0.6) is 0 Å². The number of carbonyl (C=O) groups is 3. The first-order valence-corrected chi connectivity index (χ1v) is 5.04. The molecule has 1 aliphatic carbocycles. The van der Waals surface area contributed by atoms with E-state index in [9.17, 15) is 14.4 Å². The van der Waals surface area contributed by atoms with Crippen LogP contribution in [0.1, 0.15) is 19.3 Å². The summed E-state index contributed by atoms with van der Waals surface area (Å²) in [7, 11) is 0. The van der Waals surface area contributed by atoms with E-state index in [1.165, 1.54) is 0 Å². The Hall–Kier alpha value is -1.79. The Morgan fingerprint density at radius 2 is 1.75 bits per heavy atom. The molecule has 0 radical (unpaired) electrons. The van der Waals surface area contributed by atoms with Gasteiger partial charge in [0.25, 0.3) is 0 Å². The van der Waals surface area contributed by atoms with Crippen LogP contribution in [0.15, 0.2) is 0 Å². The molecule has 7 heteroatoms. The van der Waals surface area contributed by atoms with E-state index in [-0.39, 0.29) is 13.1 Å². The number of carboxylic acid groups (broad SMARTS) is 1. The molecule has 0 saturated heterocycles. The molecule has 0 aliphatic heterocycles. The number of nitrogens with one attached hydrogen (secondary N) is 2. The summed E-state index contributed by atoms with van der Waals surface area (Å²) in [6.45, 7) is 0.369. The van der Waals surface area contributed by atoms with Crippen molar-refractivity contribution in [3.05, 3.63) is 0 Å². The summed E-state index contributed by atoms with van der Waals surface area (Å²) in [5.74, 6) is -1.57. The fourth-order valence-electron chi connectivity index (χ4n) is 1.60. The Kier molecular flexibility index (Phi) is 3.70. The number of carboxylic acids is 1. The van der Waals surface area contributed by atoms with Crippen LogP contribution in [0.4, 0.5) is 4.79 Å². The third-order valence-corrected chi connectivity index (χ3v) is 2.76. The zero-order valence-electron chi connectivity index (χ0n) is 8.78. The topological polar surface area (TPSA) is 122 Å². The Morgan fingerprint density at radius 1 is 1.19 bits per heavy atom. The van der Waals surface area contributed by atoms with Crippen LogP contribution in [0, 0.1) is 5.41 Å². The lowest BCUT2D eigenvalue weighted by atomic mass is 9.68. The summed E-state index contributed by atoms with van der Waals surface area (Å²) in [5.41, 5.74) is 3.57. The SMILES string of the molecule is NC(=O)NCCNC(=O)C1(C(=O)O)CCC1. The number of hydrogen-bond acceptors (Lipinski definition) is 3. The second-order valence-electron chi connectivity index (χ2n) is 3.79. The van der Waals surface area contributed by atoms with Crippen molar-refractivity contribution in [3.63, 3.8) is 0 Å². The summed E-state index contributed by atoms with van der Waals surface area (Å²) in [5, 5.41) is 13.7. The van der Waals surface area contributed by atoms with Crippen molar-refractivity contribution in [1.82, 2.24) is 10.6 Å². The zero-order chi connectivity index (χ0) is 12.2. The second-order valence-corrected chi connectivity index (χ2v) is 3.79. The molecule has 7 nitrogen and oxygen atoms in total. The van der Waals surface area contributed by atoms with Crippen molar-refractivity contribution in [2.45, 2.75) is 19.3 Å². The normalized spacial score (nSPS) is 17.0. The van der Waals surface area contributed by atoms with Gasteiger partial charge in [-0.05, 0) is 12.8 Å². The molecule has 1 aliphatic rings. The number of aliphatic carboxylic acids is 1. The first-order chi connectivity index (χ1) is 7.49. The van der Waals surface area contributed by atoms with Crippen molar-refractivity contribution in [1.29, 1.82) is 0 Å². The van der Waals surface area contributed by atoms with Gasteiger partial charge >= 0.3 is 12.0 Å². The van der Waals surface area contributed by atoms with Crippen molar-refractivity contribution in [3.8, 4) is 0 Å². The molecule has 90 valence electrons. The van der Waals surface area contributed by atoms with E-state index in [1.54, 1.807) is 0 Å². The van der Waals surface area contributed by atoms with Crippen molar-refractivity contribution in [2.75, 3.05) is 13.1 Å². The van der Waals surface area contributed by atoms with Gasteiger partial charge in [0.2, 0.25) is 5.91 Å². The van der Waals surface area contributed by atoms with Gasteiger partial charge < -0.3 is 21.5 Å². The molecule has 0 atom stereocenters. The molecular formula is C9H15N3O4. The molecule has 5 N–H and O–H groups in total. The smallest absolute Gasteiger partial charge is 0.319 e. The van der Waals surface area contributed by atoms with E-state index in [0.717, 1.165) is 6.42 Å². The predicted molar refractivity (Wildman–Crippen MR) is 54.5 cm³/mol. The van der Waals surface area contributed by atoms with E-state index in [4.69, 9.17) is 10.8 Å². The number of amides is 3. The molecule has 0 aromatic rings. The van der Waals surface area contributed by atoms with Crippen LogP contribution < -0.4 is 16.4 Å². The molecule has 0 spiro atoms. The summed E-state index contributed by atoms with van der Waals surface area (Å²) in [6, 6.07) is -0.675. The number of urea groups is 1. The number of primary amides is 1. The zero-order valence-corrected chi connectivity index (χ0v) is 8.78. The fraction of sp³-hybridized carbons (Fsp3) is 0.667. The van der Waals surface area contributed by atoms with E-state index in [2.05, 4.69) is 10.6 Å². The van der Waals surface area contributed by atoms with E-state index in [1.807, 2.05) is 0 Å². The van der Waals surface area contributed by atoms with Crippen LogP contribution in [0.2, 0.25) is 0 Å². The fourth-order valence-corrected chi connectivity index (χ4v) is 1.60. The van der Waals surface area contributed by atoms with Gasteiger partial charge in [-0.25, -0.2) is 4.79 Å². The van der Waals surface area contributed by atoms with Gasteiger partial charge in [-0.15, -0.1) is 0 Å². The molecule has 1 saturated carbocycles. The van der Waals surface area contributed by atoms with Gasteiger partial charge in [0, 0.05) is 13.1 Å². The molecule has 0 aromatic heterocycles. The molecule has 0 bridgehead atoms. The first-order valence-electron chi connectivity index (χ1n) is 5.04. The summed E-state index contributed by atoms with van der Waals surface area (Å²) in [6.07, 6.45) is 1.49. The largest absolute Gasteiger partial charge is 0.480 e. The Morgan fingerprint density at radius 3 is 2.12 bits per heavy atom. The number of hydrogen-bond donors (Lipinski definition) is 4. The highest BCUT2D eigenvalue weighted by Crippen LogP contribution is 2.41. The molecule has 0 unspecified atom stereocenters. The molecule has 1 fully saturated rings. The molecule has 0 aromatic carbocycles. The minimum Gasteiger partial charge on any atom is -0.480 e. The highest BCUT2D eigenvalue weighted by atomic mass is 16.4. The van der Waals surface area contributed by atoms with E-state index >= 15 is 0 Å². The standard InChI is InChI=1S/C9H15N3O4/c10-8(16)12-5-4-11-6(13)9(7(14)15)2-1-3-9/h1-5H2,(H,11,13)(H,14,15)(H3,10,12,16). The lowest BCUT2D eigenvalue weighted by Crippen LogP contribution is -2.52. The first kappa shape index (κ1) is 12.3. The maximum absolute atomic E-state index is 11.6. The van der Waals surface area contributed by atoms with Gasteiger partial charge in [-0.2, -0.15) is 0 Å². The van der Waals surface area contributed by atoms with Crippen LogP contribution in [-0.4, -0.2) is 36.1 Å². The Bertz CT molecular complexity index is 312. The third kappa shape index (κ3) is 2.41. The summed E-state index contributed by atoms with van der Waals surface area (Å²) in [4.78, 5) is 32.9. The molecule has 1 rings (SSSR count). The van der Waals surface area contributed by atoms with Crippen LogP contribution in [-0.2, 0) is 9.59 Å². The van der Waals surface area contributed by atoms with Gasteiger partial charge in [0.15, 0.2) is 0 Å². The molecule has 0 heterocycles. The summed E-state index contributed by atoms with van der Waals surface area (Å²) < 4.78 is 0. The van der Waals surface area contributed by atoms with E-state index in [0.29, 0.717) is 12.8 Å². The number of carbonyl (C=O) groups excluding carboxylic acids is 2. The van der Waals surface area contributed by atoms with Crippen LogP contribution in [0.25, 0.3) is 0 Å².